The number of ether oxygens (including phenoxy) is 1. The van der Waals surface area contributed by atoms with Gasteiger partial charge in [-0.1, -0.05) is 18.2 Å². The molecule has 17 heavy (non-hydrogen) atoms. The van der Waals surface area contributed by atoms with Gasteiger partial charge in [0.25, 0.3) is 0 Å². The van der Waals surface area contributed by atoms with Crippen LogP contribution in [0.5, 0.6) is 5.75 Å². The Morgan fingerprint density at radius 3 is 2.41 bits per heavy atom. The second kappa shape index (κ2) is 5.84. The molecule has 0 spiro atoms. The molecule has 1 aromatic rings. The standard InChI is InChI=1S/C13H14O4/c1-3-4-11(12(14)13(15)16)9-5-7-10(17-2)8-6-9/h3,5-8,11H,1,4H2,2H3,(H,15,16). The minimum Gasteiger partial charge on any atom is -0.497 e. The van der Waals surface area contributed by atoms with Gasteiger partial charge in [0.15, 0.2) is 0 Å². The van der Waals surface area contributed by atoms with Crippen molar-refractivity contribution in [3.05, 3.63) is 42.5 Å². The van der Waals surface area contributed by atoms with E-state index in [1.54, 1.807) is 31.4 Å². The Kier molecular flexibility index (Phi) is 4.46. The molecule has 0 radical (unpaired) electrons. The predicted octanol–water partition coefficient (Wildman–Crippen LogP) is 2.01. The third-order valence-corrected chi connectivity index (χ3v) is 2.45. The normalized spacial score (nSPS) is 11.6. The van der Waals surface area contributed by atoms with Crippen LogP contribution in [0.2, 0.25) is 0 Å². The van der Waals surface area contributed by atoms with E-state index in [1.165, 1.54) is 6.08 Å². The fraction of sp³-hybridized carbons (Fsp3) is 0.231. The molecule has 0 aliphatic carbocycles. The van der Waals surface area contributed by atoms with E-state index in [0.717, 1.165) is 0 Å². The lowest BCUT2D eigenvalue weighted by Crippen LogP contribution is -2.21. The van der Waals surface area contributed by atoms with Crippen LogP contribution in [0.3, 0.4) is 0 Å². The Bertz CT molecular complexity index is 420. The summed E-state index contributed by atoms with van der Waals surface area (Å²) < 4.78 is 5.00. The summed E-state index contributed by atoms with van der Waals surface area (Å²) in [5.41, 5.74) is 0.651. The summed E-state index contributed by atoms with van der Waals surface area (Å²) in [6.45, 7) is 3.53. The van der Waals surface area contributed by atoms with Crippen LogP contribution in [0.15, 0.2) is 36.9 Å². The van der Waals surface area contributed by atoms with Crippen molar-refractivity contribution in [2.75, 3.05) is 7.11 Å². The number of carbonyl (C=O) groups is 2. The van der Waals surface area contributed by atoms with Gasteiger partial charge in [-0.05, 0) is 24.1 Å². The van der Waals surface area contributed by atoms with Gasteiger partial charge in [-0.15, -0.1) is 6.58 Å². The SMILES string of the molecule is C=CCC(C(=O)C(=O)O)c1ccc(OC)cc1. The van der Waals surface area contributed by atoms with Crippen molar-refractivity contribution in [1.29, 1.82) is 0 Å². The molecule has 1 aromatic carbocycles. The van der Waals surface area contributed by atoms with E-state index in [9.17, 15) is 9.59 Å². The number of carboxylic acids is 1. The lowest BCUT2D eigenvalue weighted by molar-refractivity contribution is -0.149. The van der Waals surface area contributed by atoms with Gasteiger partial charge in [0.05, 0.1) is 13.0 Å². The zero-order chi connectivity index (χ0) is 12.8. The fourth-order valence-electron chi connectivity index (χ4n) is 1.55. The zero-order valence-corrected chi connectivity index (χ0v) is 9.55. The van der Waals surface area contributed by atoms with Crippen molar-refractivity contribution in [1.82, 2.24) is 0 Å². The van der Waals surface area contributed by atoms with Gasteiger partial charge in [-0.2, -0.15) is 0 Å². The van der Waals surface area contributed by atoms with Gasteiger partial charge < -0.3 is 9.84 Å². The second-order valence-electron chi connectivity index (χ2n) is 3.52. The van der Waals surface area contributed by atoms with Gasteiger partial charge in [-0.3, -0.25) is 4.79 Å². The first-order valence-electron chi connectivity index (χ1n) is 5.12. The number of hydrogen-bond acceptors (Lipinski definition) is 3. The minimum absolute atomic E-state index is 0.303. The van der Waals surface area contributed by atoms with Crippen LogP contribution < -0.4 is 4.74 Å². The van der Waals surface area contributed by atoms with Crippen molar-refractivity contribution in [2.45, 2.75) is 12.3 Å². The molecule has 1 rings (SSSR count). The maximum Gasteiger partial charge on any atom is 0.372 e. The molecule has 4 nitrogen and oxygen atoms in total. The molecule has 0 heterocycles. The summed E-state index contributed by atoms with van der Waals surface area (Å²) in [5.74, 6) is -2.27. The van der Waals surface area contributed by atoms with Crippen molar-refractivity contribution in [3.63, 3.8) is 0 Å². The molecule has 0 saturated carbocycles. The van der Waals surface area contributed by atoms with Crippen molar-refractivity contribution >= 4 is 11.8 Å². The number of allylic oxidation sites excluding steroid dienone is 1. The quantitative estimate of drug-likeness (QED) is 0.604. The molecule has 0 fully saturated rings. The van der Waals surface area contributed by atoms with Gasteiger partial charge in [-0.25, -0.2) is 4.79 Å². The summed E-state index contributed by atoms with van der Waals surface area (Å²) in [5, 5.41) is 8.73. The molecule has 0 amide bonds. The lowest BCUT2D eigenvalue weighted by atomic mass is 9.91. The Morgan fingerprint density at radius 2 is 2.00 bits per heavy atom. The first kappa shape index (κ1) is 13.0. The third-order valence-electron chi connectivity index (χ3n) is 2.45. The molecule has 90 valence electrons. The highest BCUT2D eigenvalue weighted by atomic mass is 16.5. The Balaban J connectivity index is 3.00. The Hall–Kier alpha value is -2.10. The molecule has 0 aromatic heterocycles. The monoisotopic (exact) mass is 234 g/mol. The molecule has 4 heteroatoms. The number of Topliss-reactive ketones (excluding diaryl/α,β-unsaturated/α-hetero) is 1. The number of rotatable bonds is 6. The number of methoxy groups -OCH3 is 1. The maximum absolute atomic E-state index is 11.5. The van der Waals surface area contributed by atoms with Crippen LogP contribution in [-0.2, 0) is 9.59 Å². The number of aliphatic carboxylic acids is 1. The summed E-state index contributed by atoms with van der Waals surface area (Å²) >= 11 is 0. The first-order valence-corrected chi connectivity index (χ1v) is 5.12. The molecule has 0 bridgehead atoms. The predicted molar refractivity (Wildman–Crippen MR) is 63.2 cm³/mol. The average molecular weight is 234 g/mol. The molecule has 1 unspecified atom stereocenters. The lowest BCUT2D eigenvalue weighted by Gasteiger charge is -2.12. The van der Waals surface area contributed by atoms with Gasteiger partial charge in [0.1, 0.15) is 5.75 Å². The van der Waals surface area contributed by atoms with E-state index in [4.69, 9.17) is 9.84 Å². The van der Waals surface area contributed by atoms with E-state index < -0.39 is 17.7 Å². The topological polar surface area (TPSA) is 63.6 Å². The van der Waals surface area contributed by atoms with Gasteiger partial charge >= 0.3 is 5.97 Å². The van der Waals surface area contributed by atoms with Crippen LogP contribution in [-0.4, -0.2) is 24.0 Å². The summed E-state index contributed by atoms with van der Waals surface area (Å²) in [4.78, 5) is 22.2. The van der Waals surface area contributed by atoms with Crippen molar-refractivity contribution in [3.8, 4) is 5.75 Å². The van der Waals surface area contributed by atoms with E-state index in [1.807, 2.05) is 0 Å². The number of hydrogen-bond donors (Lipinski definition) is 1. The van der Waals surface area contributed by atoms with Crippen LogP contribution in [0.4, 0.5) is 0 Å². The Labute approximate surface area is 99.5 Å². The number of carboxylic acid groups (broad SMARTS) is 1. The molecule has 0 aliphatic heterocycles. The second-order valence-corrected chi connectivity index (χ2v) is 3.52. The van der Waals surface area contributed by atoms with Crippen LogP contribution in [0.1, 0.15) is 17.9 Å². The van der Waals surface area contributed by atoms with E-state index >= 15 is 0 Å². The van der Waals surface area contributed by atoms with E-state index in [-0.39, 0.29) is 0 Å². The fourth-order valence-corrected chi connectivity index (χ4v) is 1.55. The maximum atomic E-state index is 11.5. The smallest absolute Gasteiger partial charge is 0.372 e. The average Bonchev–Trinajstić information content (AvgIpc) is 2.35. The van der Waals surface area contributed by atoms with Crippen LogP contribution >= 0.6 is 0 Å². The molecule has 0 aliphatic rings. The largest absolute Gasteiger partial charge is 0.497 e. The summed E-state index contributed by atoms with van der Waals surface area (Å²) in [6, 6.07) is 6.77. The van der Waals surface area contributed by atoms with Crippen LogP contribution in [0.25, 0.3) is 0 Å². The molecule has 0 saturated heterocycles. The van der Waals surface area contributed by atoms with Gasteiger partial charge in [0, 0.05) is 0 Å². The summed E-state index contributed by atoms with van der Waals surface area (Å²) in [6.07, 6.45) is 1.84. The minimum atomic E-state index is -1.42. The number of ketones is 1. The highest BCUT2D eigenvalue weighted by molar-refractivity contribution is 6.35. The first-order chi connectivity index (χ1) is 8.10. The highest BCUT2D eigenvalue weighted by Crippen LogP contribution is 2.23. The summed E-state index contributed by atoms with van der Waals surface area (Å²) in [7, 11) is 1.54. The third kappa shape index (κ3) is 3.17. The van der Waals surface area contributed by atoms with Crippen molar-refractivity contribution < 1.29 is 19.4 Å². The highest BCUT2D eigenvalue weighted by Gasteiger charge is 2.25. The zero-order valence-electron chi connectivity index (χ0n) is 9.55. The Morgan fingerprint density at radius 1 is 1.41 bits per heavy atom. The van der Waals surface area contributed by atoms with Crippen LogP contribution in [0, 0.1) is 0 Å². The molecular formula is C13H14O4. The van der Waals surface area contributed by atoms with Crippen molar-refractivity contribution in [2.24, 2.45) is 0 Å². The molecule has 1 atom stereocenters. The number of carbonyl (C=O) groups excluding carboxylic acids is 1. The van der Waals surface area contributed by atoms with E-state index in [2.05, 4.69) is 6.58 Å². The van der Waals surface area contributed by atoms with E-state index in [0.29, 0.717) is 17.7 Å². The molecular weight excluding hydrogens is 220 g/mol. The molecule has 1 N–H and O–H groups in total. The number of benzene rings is 1. The van der Waals surface area contributed by atoms with Gasteiger partial charge in [0.2, 0.25) is 5.78 Å².